The Morgan fingerprint density at radius 1 is 1.36 bits per heavy atom. The summed E-state index contributed by atoms with van der Waals surface area (Å²) in [6.07, 6.45) is 0.371. The van der Waals surface area contributed by atoms with Crippen molar-refractivity contribution in [2.45, 2.75) is 19.3 Å². The Labute approximate surface area is 128 Å². The molecule has 1 aliphatic heterocycles. The zero-order valence-corrected chi connectivity index (χ0v) is 12.5. The molecular weight excluding hydrogens is 288 g/mol. The van der Waals surface area contributed by atoms with E-state index >= 15 is 0 Å². The van der Waals surface area contributed by atoms with Crippen LogP contribution in [0.1, 0.15) is 19.3 Å². The number of amides is 2. The lowest BCUT2D eigenvalue weighted by Crippen LogP contribution is -2.25. The van der Waals surface area contributed by atoms with Crippen LogP contribution in [0.2, 0.25) is 0 Å². The number of hydrogen-bond acceptors (Lipinski definition) is 5. The molecule has 0 saturated heterocycles. The SMILES string of the molecule is COC(=O)CCC(=O)Nc1ccc2c(c1)N(C)C(=O)CCO2. The summed E-state index contributed by atoms with van der Waals surface area (Å²) < 4.78 is 9.99. The van der Waals surface area contributed by atoms with Gasteiger partial charge in [0, 0.05) is 19.2 Å². The van der Waals surface area contributed by atoms with Gasteiger partial charge in [-0.25, -0.2) is 0 Å². The van der Waals surface area contributed by atoms with Crippen LogP contribution in [-0.4, -0.2) is 38.5 Å². The maximum atomic E-state index is 11.8. The van der Waals surface area contributed by atoms with Gasteiger partial charge in [-0.1, -0.05) is 0 Å². The first kappa shape index (κ1) is 15.8. The average molecular weight is 306 g/mol. The number of esters is 1. The summed E-state index contributed by atoms with van der Waals surface area (Å²) in [7, 11) is 2.94. The monoisotopic (exact) mass is 306 g/mol. The number of fused-ring (bicyclic) bond motifs is 1. The molecule has 0 aliphatic carbocycles. The fourth-order valence-corrected chi connectivity index (χ4v) is 2.07. The van der Waals surface area contributed by atoms with Crippen molar-refractivity contribution in [2.75, 3.05) is 31.0 Å². The van der Waals surface area contributed by atoms with Crippen molar-refractivity contribution in [1.82, 2.24) is 0 Å². The molecular formula is C15H18N2O5. The van der Waals surface area contributed by atoms with Crippen LogP contribution in [0.15, 0.2) is 18.2 Å². The van der Waals surface area contributed by atoms with Crippen LogP contribution in [0.25, 0.3) is 0 Å². The standard InChI is InChI=1S/C15H18N2O5/c1-17-11-9-10(16-13(18)5-6-15(20)21-2)3-4-12(11)22-8-7-14(17)19/h3-4,9H,5-8H2,1-2H3,(H,16,18). The normalized spacial score (nSPS) is 13.7. The van der Waals surface area contributed by atoms with Crippen LogP contribution in [0.4, 0.5) is 11.4 Å². The van der Waals surface area contributed by atoms with Crippen molar-refractivity contribution in [3.8, 4) is 5.75 Å². The van der Waals surface area contributed by atoms with Crippen molar-refractivity contribution in [3.63, 3.8) is 0 Å². The zero-order valence-electron chi connectivity index (χ0n) is 12.5. The highest BCUT2D eigenvalue weighted by atomic mass is 16.5. The van der Waals surface area contributed by atoms with Crippen molar-refractivity contribution in [2.24, 2.45) is 0 Å². The van der Waals surface area contributed by atoms with Gasteiger partial charge in [-0.2, -0.15) is 0 Å². The highest BCUT2D eigenvalue weighted by Gasteiger charge is 2.20. The van der Waals surface area contributed by atoms with Gasteiger partial charge < -0.3 is 19.7 Å². The molecule has 2 amide bonds. The molecule has 0 bridgehead atoms. The lowest BCUT2D eigenvalue weighted by atomic mass is 10.2. The lowest BCUT2D eigenvalue weighted by molar-refractivity contribution is -0.141. The van der Waals surface area contributed by atoms with Gasteiger partial charge in [0.05, 0.1) is 32.2 Å². The molecule has 2 rings (SSSR count). The molecule has 1 aromatic carbocycles. The summed E-state index contributed by atoms with van der Waals surface area (Å²) in [4.78, 5) is 36.1. The third-order valence-corrected chi connectivity index (χ3v) is 3.34. The summed E-state index contributed by atoms with van der Waals surface area (Å²) in [6.45, 7) is 0.334. The summed E-state index contributed by atoms with van der Waals surface area (Å²) >= 11 is 0. The summed E-state index contributed by atoms with van der Waals surface area (Å²) in [5.41, 5.74) is 1.15. The maximum absolute atomic E-state index is 11.8. The Kier molecular flexibility index (Phi) is 4.98. The number of carbonyl (C=O) groups is 3. The van der Waals surface area contributed by atoms with Gasteiger partial charge >= 0.3 is 5.97 Å². The Hall–Kier alpha value is -2.57. The first-order valence-electron chi connectivity index (χ1n) is 6.91. The van der Waals surface area contributed by atoms with Crippen molar-refractivity contribution < 1.29 is 23.9 Å². The molecule has 1 heterocycles. The van der Waals surface area contributed by atoms with Gasteiger partial charge in [0.25, 0.3) is 0 Å². The molecule has 0 aromatic heterocycles. The maximum Gasteiger partial charge on any atom is 0.306 e. The molecule has 0 atom stereocenters. The average Bonchev–Trinajstić information content (AvgIpc) is 2.65. The first-order chi connectivity index (χ1) is 10.5. The van der Waals surface area contributed by atoms with Crippen LogP contribution >= 0.6 is 0 Å². The van der Waals surface area contributed by atoms with E-state index in [0.717, 1.165) is 0 Å². The van der Waals surface area contributed by atoms with Crippen molar-refractivity contribution in [3.05, 3.63) is 18.2 Å². The second-order valence-corrected chi connectivity index (χ2v) is 4.86. The molecule has 22 heavy (non-hydrogen) atoms. The van der Waals surface area contributed by atoms with E-state index in [1.54, 1.807) is 25.2 Å². The third-order valence-electron chi connectivity index (χ3n) is 3.34. The molecule has 1 N–H and O–H groups in total. The van der Waals surface area contributed by atoms with Gasteiger partial charge in [-0.15, -0.1) is 0 Å². The van der Waals surface area contributed by atoms with Crippen molar-refractivity contribution >= 4 is 29.2 Å². The van der Waals surface area contributed by atoms with E-state index in [9.17, 15) is 14.4 Å². The third kappa shape index (κ3) is 3.75. The second kappa shape index (κ2) is 6.93. The fourth-order valence-electron chi connectivity index (χ4n) is 2.07. The number of nitrogens with zero attached hydrogens (tertiary/aromatic N) is 1. The number of rotatable bonds is 4. The molecule has 7 heteroatoms. The van der Waals surface area contributed by atoms with Gasteiger partial charge in [0.2, 0.25) is 11.8 Å². The smallest absolute Gasteiger partial charge is 0.306 e. The number of benzene rings is 1. The molecule has 7 nitrogen and oxygen atoms in total. The van der Waals surface area contributed by atoms with Crippen LogP contribution in [0.5, 0.6) is 5.75 Å². The molecule has 0 saturated carbocycles. The Bertz CT molecular complexity index is 600. The molecule has 118 valence electrons. The predicted molar refractivity (Wildman–Crippen MR) is 79.8 cm³/mol. The van der Waals surface area contributed by atoms with Crippen molar-refractivity contribution in [1.29, 1.82) is 0 Å². The quantitative estimate of drug-likeness (QED) is 0.848. The molecule has 0 radical (unpaired) electrons. The van der Waals surface area contributed by atoms with Crippen LogP contribution in [0, 0.1) is 0 Å². The summed E-state index contributed by atoms with van der Waals surface area (Å²) in [6, 6.07) is 5.08. The lowest BCUT2D eigenvalue weighted by Gasteiger charge is -2.17. The van der Waals surface area contributed by atoms with E-state index in [1.807, 2.05) is 0 Å². The molecule has 0 fully saturated rings. The number of nitrogens with one attached hydrogen (secondary N) is 1. The van der Waals surface area contributed by atoms with Gasteiger partial charge in [0.1, 0.15) is 5.75 Å². The van der Waals surface area contributed by atoms with Crippen LogP contribution in [-0.2, 0) is 19.1 Å². The van der Waals surface area contributed by atoms with Gasteiger partial charge in [0.15, 0.2) is 0 Å². The Balaban J connectivity index is 2.07. The first-order valence-corrected chi connectivity index (χ1v) is 6.91. The number of ether oxygens (including phenoxy) is 2. The minimum Gasteiger partial charge on any atom is -0.491 e. The second-order valence-electron chi connectivity index (χ2n) is 4.86. The highest BCUT2D eigenvalue weighted by molar-refractivity contribution is 5.97. The molecule has 0 unspecified atom stereocenters. The van der Waals surface area contributed by atoms with E-state index in [1.165, 1.54) is 12.0 Å². The number of hydrogen-bond donors (Lipinski definition) is 1. The molecule has 1 aliphatic rings. The summed E-state index contributed by atoms with van der Waals surface area (Å²) in [5.74, 6) is -0.182. The van der Waals surface area contributed by atoms with Crippen LogP contribution < -0.4 is 15.0 Å². The van der Waals surface area contributed by atoms with E-state index in [0.29, 0.717) is 30.2 Å². The minimum atomic E-state index is -0.434. The van der Waals surface area contributed by atoms with E-state index in [2.05, 4.69) is 10.1 Å². The molecule has 1 aromatic rings. The Morgan fingerprint density at radius 2 is 2.14 bits per heavy atom. The largest absolute Gasteiger partial charge is 0.491 e. The number of methoxy groups -OCH3 is 1. The molecule has 0 spiro atoms. The number of anilines is 2. The number of carbonyl (C=O) groups excluding carboxylic acids is 3. The van der Waals surface area contributed by atoms with E-state index in [4.69, 9.17) is 4.74 Å². The summed E-state index contributed by atoms with van der Waals surface area (Å²) in [5, 5.41) is 2.69. The van der Waals surface area contributed by atoms with E-state index < -0.39 is 5.97 Å². The van der Waals surface area contributed by atoms with Crippen LogP contribution in [0.3, 0.4) is 0 Å². The predicted octanol–water partition coefficient (Wildman–Crippen LogP) is 1.32. The highest BCUT2D eigenvalue weighted by Crippen LogP contribution is 2.33. The van der Waals surface area contributed by atoms with Gasteiger partial charge in [-0.3, -0.25) is 14.4 Å². The fraction of sp³-hybridized carbons (Fsp3) is 0.400. The minimum absolute atomic E-state index is 0.0226. The van der Waals surface area contributed by atoms with Gasteiger partial charge in [-0.05, 0) is 18.2 Å². The topological polar surface area (TPSA) is 84.9 Å². The van der Waals surface area contributed by atoms with E-state index in [-0.39, 0.29) is 24.7 Å². The zero-order chi connectivity index (χ0) is 16.1. The Morgan fingerprint density at radius 3 is 2.86 bits per heavy atom.